The number of ether oxygens (including phenoxy) is 1. The lowest BCUT2D eigenvalue weighted by Gasteiger charge is -2.17. The first-order chi connectivity index (χ1) is 12.9. The summed E-state index contributed by atoms with van der Waals surface area (Å²) < 4.78 is 30.0. The highest BCUT2D eigenvalue weighted by Crippen LogP contribution is 2.19. The maximum atomic E-state index is 12.5. The van der Waals surface area contributed by atoms with E-state index in [2.05, 4.69) is 10.6 Å². The average Bonchev–Trinajstić information content (AvgIpc) is 2.93. The number of carbonyl (C=O) groups is 1. The van der Waals surface area contributed by atoms with Crippen molar-refractivity contribution in [3.05, 3.63) is 24.3 Å². The van der Waals surface area contributed by atoms with Gasteiger partial charge in [-0.05, 0) is 37.1 Å². The second-order valence-corrected chi connectivity index (χ2v) is 9.33. The molecule has 0 spiro atoms. The van der Waals surface area contributed by atoms with E-state index >= 15 is 0 Å². The Labute approximate surface area is 163 Å². The molecular weight excluding hydrogens is 364 g/mol. The minimum absolute atomic E-state index is 0.206. The smallest absolute Gasteiger partial charge is 0.223 e. The van der Waals surface area contributed by atoms with Crippen molar-refractivity contribution in [1.29, 1.82) is 0 Å². The van der Waals surface area contributed by atoms with Crippen LogP contribution in [0.25, 0.3) is 0 Å². The summed E-state index contributed by atoms with van der Waals surface area (Å²) in [4.78, 5) is 12.4. The number of hydrogen-bond acceptors (Lipinski definition) is 5. The summed E-state index contributed by atoms with van der Waals surface area (Å²) in [6.07, 6.45) is 7.56. The molecular formula is C20H32N2O4S. The number of benzene rings is 1. The molecule has 1 amide bonds. The SMILES string of the molecule is COc1ccc(S(=O)(=O)CC(C)C(=O)NCCNC2CCCCCC2)cc1. The number of amides is 1. The van der Waals surface area contributed by atoms with Crippen molar-refractivity contribution in [2.75, 3.05) is 26.0 Å². The van der Waals surface area contributed by atoms with E-state index in [0.29, 0.717) is 24.9 Å². The first-order valence-corrected chi connectivity index (χ1v) is 11.5. The summed E-state index contributed by atoms with van der Waals surface area (Å²) in [5.74, 6) is -0.438. The quantitative estimate of drug-likeness (QED) is 0.495. The molecule has 0 bridgehead atoms. The molecule has 0 aromatic heterocycles. The number of sulfone groups is 1. The molecule has 2 rings (SSSR count). The topological polar surface area (TPSA) is 84.5 Å². The molecule has 1 fully saturated rings. The summed E-state index contributed by atoms with van der Waals surface area (Å²) in [7, 11) is -1.98. The van der Waals surface area contributed by atoms with Crippen LogP contribution in [0, 0.1) is 5.92 Å². The highest BCUT2D eigenvalue weighted by atomic mass is 32.2. The number of carbonyl (C=O) groups excluding carboxylic acids is 1. The van der Waals surface area contributed by atoms with E-state index in [-0.39, 0.29) is 16.6 Å². The zero-order chi connectivity index (χ0) is 19.7. The van der Waals surface area contributed by atoms with Crippen LogP contribution in [-0.2, 0) is 14.6 Å². The van der Waals surface area contributed by atoms with Crippen LogP contribution in [0.15, 0.2) is 29.2 Å². The van der Waals surface area contributed by atoms with Gasteiger partial charge < -0.3 is 15.4 Å². The Morgan fingerprint density at radius 1 is 1.11 bits per heavy atom. The van der Waals surface area contributed by atoms with Crippen molar-refractivity contribution >= 4 is 15.7 Å². The van der Waals surface area contributed by atoms with Gasteiger partial charge in [-0.2, -0.15) is 0 Å². The third-order valence-electron chi connectivity index (χ3n) is 5.05. The van der Waals surface area contributed by atoms with Gasteiger partial charge in [0, 0.05) is 25.0 Å². The summed E-state index contributed by atoms with van der Waals surface area (Å²) in [6, 6.07) is 6.77. The minimum atomic E-state index is -3.51. The third kappa shape index (κ3) is 7.14. The van der Waals surface area contributed by atoms with Crippen molar-refractivity contribution in [2.24, 2.45) is 5.92 Å². The van der Waals surface area contributed by atoms with E-state index in [9.17, 15) is 13.2 Å². The fourth-order valence-electron chi connectivity index (χ4n) is 3.40. The lowest BCUT2D eigenvalue weighted by atomic mass is 10.1. The zero-order valence-electron chi connectivity index (χ0n) is 16.4. The van der Waals surface area contributed by atoms with Gasteiger partial charge in [0.15, 0.2) is 9.84 Å². The van der Waals surface area contributed by atoms with Crippen LogP contribution in [0.1, 0.15) is 45.4 Å². The van der Waals surface area contributed by atoms with E-state index < -0.39 is 15.8 Å². The molecule has 27 heavy (non-hydrogen) atoms. The van der Waals surface area contributed by atoms with Gasteiger partial charge >= 0.3 is 0 Å². The summed E-state index contributed by atoms with van der Waals surface area (Å²) in [5, 5.41) is 6.34. The molecule has 0 heterocycles. The predicted molar refractivity (Wildman–Crippen MR) is 107 cm³/mol. The molecule has 1 unspecified atom stereocenters. The van der Waals surface area contributed by atoms with Gasteiger partial charge in [-0.3, -0.25) is 4.79 Å². The Hall–Kier alpha value is -1.60. The molecule has 0 saturated heterocycles. The van der Waals surface area contributed by atoms with Crippen molar-refractivity contribution < 1.29 is 17.9 Å². The van der Waals surface area contributed by atoms with Crippen LogP contribution in [0.3, 0.4) is 0 Å². The van der Waals surface area contributed by atoms with Crippen LogP contribution in [0.4, 0.5) is 0 Å². The van der Waals surface area contributed by atoms with Gasteiger partial charge in [-0.1, -0.05) is 32.6 Å². The molecule has 2 N–H and O–H groups in total. The van der Waals surface area contributed by atoms with Crippen molar-refractivity contribution in [3.63, 3.8) is 0 Å². The Morgan fingerprint density at radius 3 is 2.33 bits per heavy atom. The normalized spacial score (nSPS) is 17.1. The third-order valence-corrected chi connectivity index (χ3v) is 6.98. The molecule has 0 aliphatic heterocycles. The Morgan fingerprint density at radius 2 is 1.74 bits per heavy atom. The second-order valence-electron chi connectivity index (χ2n) is 7.29. The second kappa shape index (κ2) is 10.7. The van der Waals surface area contributed by atoms with Crippen LogP contribution in [0.2, 0.25) is 0 Å². The van der Waals surface area contributed by atoms with Gasteiger partial charge in [-0.25, -0.2) is 8.42 Å². The summed E-state index contributed by atoms with van der Waals surface area (Å²) in [6.45, 7) is 2.88. The summed E-state index contributed by atoms with van der Waals surface area (Å²) >= 11 is 0. The van der Waals surface area contributed by atoms with Crippen LogP contribution < -0.4 is 15.4 Å². The molecule has 1 aliphatic rings. The maximum absolute atomic E-state index is 12.5. The van der Waals surface area contributed by atoms with Gasteiger partial charge in [-0.15, -0.1) is 0 Å². The molecule has 1 atom stereocenters. The molecule has 7 heteroatoms. The van der Waals surface area contributed by atoms with Crippen molar-refractivity contribution in [1.82, 2.24) is 10.6 Å². The number of methoxy groups -OCH3 is 1. The molecule has 152 valence electrons. The van der Waals surface area contributed by atoms with Crippen molar-refractivity contribution in [2.45, 2.75) is 56.4 Å². The van der Waals surface area contributed by atoms with E-state index in [4.69, 9.17) is 4.74 Å². The lowest BCUT2D eigenvalue weighted by molar-refractivity contribution is -0.123. The number of hydrogen-bond donors (Lipinski definition) is 2. The highest BCUT2D eigenvalue weighted by Gasteiger charge is 2.23. The molecule has 0 radical (unpaired) electrons. The van der Waals surface area contributed by atoms with Gasteiger partial charge in [0.25, 0.3) is 0 Å². The van der Waals surface area contributed by atoms with Crippen LogP contribution in [-0.4, -0.2) is 46.3 Å². The fraction of sp³-hybridized carbons (Fsp3) is 0.650. The molecule has 1 aromatic carbocycles. The van der Waals surface area contributed by atoms with Crippen LogP contribution in [0.5, 0.6) is 5.75 Å². The predicted octanol–water partition coefficient (Wildman–Crippen LogP) is 2.53. The first kappa shape index (κ1) is 21.7. The lowest BCUT2D eigenvalue weighted by Crippen LogP contribution is -2.39. The molecule has 1 saturated carbocycles. The van der Waals surface area contributed by atoms with E-state index in [1.165, 1.54) is 57.8 Å². The Bertz CT molecular complexity index is 680. The molecule has 1 aromatic rings. The summed E-state index contributed by atoms with van der Waals surface area (Å²) in [5.41, 5.74) is 0. The maximum Gasteiger partial charge on any atom is 0.223 e. The highest BCUT2D eigenvalue weighted by molar-refractivity contribution is 7.91. The number of nitrogens with one attached hydrogen (secondary N) is 2. The minimum Gasteiger partial charge on any atom is -0.497 e. The van der Waals surface area contributed by atoms with Crippen LogP contribution >= 0.6 is 0 Å². The van der Waals surface area contributed by atoms with Gasteiger partial charge in [0.05, 0.1) is 17.8 Å². The average molecular weight is 397 g/mol. The molecule has 6 nitrogen and oxygen atoms in total. The van der Waals surface area contributed by atoms with Gasteiger partial charge in [0.1, 0.15) is 5.75 Å². The zero-order valence-corrected chi connectivity index (χ0v) is 17.2. The monoisotopic (exact) mass is 396 g/mol. The van der Waals surface area contributed by atoms with Crippen molar-refractivity contribution in [3.8, 4) is 5.75 Å². The molecule has 1 aliphatic carbocycles. The Kier molecular flexibility index (Phi) is 8.57. The van der Waals surface area contributed by atoms with E-state index in [1.807, 2.05) is 0 Å². The number of rotatable bonds is 9. The first-order valence-electron chi connectivity index (χ1n) is 9.80. The Balaban J connectivity index is 1.75. The fourth-order valence-corrected chi connectivity index (χ4v) is 4.96. The largest absolute Gasteiger partial charge is 0.497 e. The van der Waals surface area contributed by atoms with Gasteiger partial charge in [0.2, 0.25) is 5.91 Å². The van der Waals surface area contributed by atoms with E-state index in [0.717, 1.165) is 0 Å². The van der Waals surface area contributed by atoms with E-state index in [1.54, 1.807) is 19.1 Å². The standard InChI is InChI=1S/C20H32N2O4S/c1-16(15-27(24,25)19-11-9-18(26-2)10-12-19)20(23)22-14-13-21-17-7-5-3-4-6-8-17/h9-12,16-17,21H,3-8,13-15H2,1-2H3,(H,22,23).